The van der Waals surface area contributed by atoms with E-state index in [1.54, 1.807) is 25.2 Å². The van der Waals surface area contributed by atoms with Crippen molar-refractivity contribution in [2.75, 3.05) is 6.54 Å². The summed E-state index contributed by atoms with van der Waals surface area (Å²) in [6.45, 7) is 2.21. The molecule has 0 bridgehead atoms. The Morgan fingerprint density at radius 3 is 2.95 bits per heavy atom. The molecule has 1 amide bonds. The van der Waals surface area contributed by atoms with Gasteiger partial charge in [-0.25, -0.2) is 4.79 Å². The molecule has 2 rings (SSSR count). The van der Waals surface area contributed by atoms with Crippen molar-refractivity contribution in [3.8, 4) is 0 Å². The zero-order valence-electron chi connectivity index (χ0n) is 11.6. The molecule has 108 valence electrons. The molecule has 6 nitrogen and oxygen atoms in total. The van der Waals surface area contributed by atoms with Crippen molar-refractivity contribution in [2.24, 2.45) is 7.05 Å². The molecule has 0 aliphatic carbocycles. The molecular formula is C14H19N3O3. The van der Waals surface area contributed by atoms with Gasteiger partial charge in [0.1, 0.15) is 0 Å². The van der Waals surface area contributed by atoms with Crippen LogP contribution < -0.4 is 11.0 Å². The third-order valence-electron chi connectivity index (χ3n) is 3.29. The second-order valence-electron chi connectivity index (χ2n) is 4.87. The summed E-state index contributed by atoms with van der Waals surface area (Å²) in [6, 6.07) is 5.03. The molecule has 20 heavy (non-hydrogen) atoms. The van der Waals surface area contributed by atoms with E-state index >= 15 is 0 Å². The number of H-pyrrole nitrogens is 1. The predicted molar refractivity (Wildman–Crippen MR) is 76.8 cm³/mol. The molecule has 1 unspecified atom stereocenters. The van der Waals surface area contributed by atoms with Crippen LogP contribution in [0, 0.1) is 0 Å². The molecule has 1 heterocycles. The number of aromatic nitrogens is 2. The Bertz CT molecular complexity index is 672. The highest BCUT2D eigenvalue weighted by Gasteiger charge is 2.11. The van der Waals surface area contributed by atoms with E-state index in [9.17, 15) is 14.7 Å². The molecular weight excluding hydrogens is 258 g/mol. The third kappa shape index (κ3) is 2.91. The van der Waals surface area contributed by atoms with E-state index in [2.05, 4.69) is 10.3 Å². The molecule has 0 spiro atoms. The van der Waals surface area contributed by atoms with Crippen LogP contribution in [0.25, 0.3) is 11.0 Å². The molecule has 0 saturated heterocycles. The van der Waals surface area contributed by atoms with Gasteiger partial charge in [-0.1, -0.05) is 13.3 Å². The molecule has 0 saturated carbocycles. The maximum absolute atomic E-state index is 12.0. The van der Waals surface area contributed by atoms with Gasteiger partial charge in [0, 0.05) is 19.2 Å². The van der Waals surface area contributed by atoms with E-state index in [1.165, 1.54) is 4.57 Å². The monoisotopic (exact) mass is 277 g/mol. The van der Waals surface area contributed by atoms with Crippen molar-refractivity contribution in [1.29, 1.82) is 0 Å². The zero-order chi connectivity index (χ0) is 14.7. The molecule has 2 aromatic rings. The van der Waals surface area contributed by atoms with Crippen LogP contribution in [0.4, 0.5) is 0 Å². The maximum Gasteiger partial charge on any atom is 0.326 e. The first-order valence-corrected chi connectivity index (χ1v) is 6.68. The van der Waals surface area contributed by atoms with Gasteiger partial charge in [-0.05, 0) is 24.6 Å². The van der Waals surface area contributed by atoms with E-state index < -0.39 is 6.10 Å². The highest BCUT2D eigenvalue weighted by Crippen LogP contribution is 2.12. The number of aliphatic hydroxyl groups excluding tert-OH is 1. The van der Waals surface area contributed by atoms with Crippen molar-refractivity contribution >= 4 is 16.9 Å². The summed E-state index contributed by atoms with van der Waals surface area (Å²) in [7, 11) is 1.67. The smallest absolute Gasteiger partial charge is 0.326 e. The average Bonchev–Trinajstić information content (AvgIpc) is 2.71. The van der Waals surface area contributed by atoms with Gasteiger partial charge in [0.2, 0.25) is 0 Å². The molecule has 1 atom stereocenters. The Labute approximate surface area is 116 Å². The van der Waals surface area contributed by atoms with Gasteiger partial charge < -0.3 is 15.4 Å². The number of aliphatic hydroxyl groups is 1. The lowest BCUT2D eigenvalue weighted by Crippen LogP contribution is -2.31. The lowest BCUT2D eigenvalue weighted by atomic mass is 10.1. The number of rotatable bonds is 5. The second kappa shape index (κ2) is 5.92. The van der Waals surface area contributed by atoms with Crippen LogP contribution in [-0.2, 0) is 7.05 Å². The van der Waals surface area contributed by atoms with Crippen LogP contribution in [0.5, 0.6) is 0 Å². The van der Waals surface area contributed by atoms with Crippen molar-refractivity contribution in [2.45, 2.75) is 25.9 Å². The van der Waals surface area contributed by atoms with Crippen LogP contribution in [0.3, 0.4) is 0 Å². The quantitative estimate of drug-likeness (QED) is 0.754. The lowest BCUT2D eigenvalue weighted by Gasteiger charge is -2.10. The summed E-state index contributed by atoms with van der Waals surface area (Å²) in [5, 5.41) is 12.3. The van der Waals surface area contributed by atoms with Crippen LogP contribution in [-0.4, -0.2) is 33.2 Å². The van der Waals surface area contributed by atoms with E-state index in [0.717, 1.165) is 11.9 Å². The molecule has 0 aliphatic rings. The Hall–Kier alpha value is -2.08. The SMILES string of the molecule is CCCC(O)CNC(=O)c1ccc2c(c1)[nH]c(=O)n2C. The van der Waals surface area contributed by atoms with E-state index in [-0.39, 0.29) is 18.1 Å². The first kappa shape index (κ1) is 14.3. The normalized spacial score (nSPS) is 12.6. The van der Waals surface area contributed by atoms with Gasteiger partial charge in [0.15, 0.2) is 0 Å². The minimum atomic E-state index is -0.524. The number of aryl methyl sites for hydroxylation is 1. The number of fused-ring (bicyclic) bond motifs is 1. The molecule has 0 aliphatic heterocycles. The fraction of sp³-hybridized carbons (Fsp3) is 0.429. The van der Waals surface area contributed by atoms with Gasteiger partial charge in [0.05, 0.1) is 17.1 Å². The van der Waals surface area contributed by atoms with E-state index in [0.29, 0.717) is 17.5 Å². The van der Waals surface area contributed by atoms with Crippen molar-refractivity contribution in [1.82, 2.24) is 14.9 Å². The minimum absolute atomic E-state index is 0.212. The molecule has 0 radical (unpaired) electrons. The maximum atomic E-state index is 12.0. The first-order valence-electron chi connectivity index (χ1n) is 6.68. The van der Waals surface area contributed by atoms with Gasteiger partial charge in [-0.15, -0.1) is 0 Å². The summed E-state index contributed by atoms with van der Waals surface area (Å²) >= 11 is 0. The van der Waals surface area contributed by atoms with Crippen molar-refractivity contribution in [3.63, 3.8) is 0 Å². The number of carbonyl (C=O) groups is 1. The fourth-order valence-electron chi connectivity index (χ4n) is 2.13. The number of imidazole rings is 1. The number of aromatic amines is 1. The summed E-state index contributed by atoms with van der Waals surface area (Å²) in [4.78, 5) is 26.1. The molecule has 1 aromatic carbocycles. The highest BCUT2D eigenvalue weighted by molar-refractivity contribution is 5.97. The number of carbonyl (C=O) groups excluding carboxylic acids is 1. The number of hydrogen-bond acceptors (Lipinski definition) is 3. The Morgan fingerprint density at radius 2 is 2.25 bits per heavy atom. The van der Waals surface area contributed by atoms with Gasteiger partial charge in [-0.3, -0.25) is 9.36 Å². The van der Waals surface area contributed by atoms with Crippen LogP contribution >= 0.6 is 0 Å². The number of hydrogen-bond donors (Lipinski definition) is 3. The number of nitrogens with zero attached hydrogens (tertiary/aromatic N) is 1. The molecule has 6 heteroatoms. The standard InChI is InChI=1S/C14H19N3O3/c1-3-4-10(18)8-15-13(19)9-5-6-12-11(7-9)16-14(20)17(12)2/h5-7,10,18H,3-4,8H2,1-2H3,(H,15,19)(H,16,20). The number of benzene rings is 1. The lowest BCUT2D eigenvalue weighted by molar-refractivity contribution is 0.0910. The Balaban J connectivity index is 2.12. The van der Waals surface area contributed by atoms with Gasteiger partial charge in [-0.2, -0.15) is 0 Å². The van der Waals surface area contributed by atoms with Gasteiger partial charge >= 0.3 is 5.69 Å². The van der Waals surface area contributed by atoms with Crippen LogP contribution in [0.15, 0.2) is 23.0 Å². The summed E-state index contributed by atoms with van der Waals surface area (Å²) < 4.78 is 1.49. The van der Waals surface area contributed by atoms with Crippen molar-refractivity contribution in [3.05, 3.63) is 34.2 Å². The summed E-state index contributed by atoms with van der Waals surface area (Å²) in [5.74, 6) is -0.258. The molecule has 3 N–H and O–H groups in total. The summed E-state index contributed by atoms with van der Waals surface area (Å²) in [5.41, 5.74) is 1.62. The predicted octanol–water partition coefficient (Wildman–Crippen LogP) is 0.757. The largest absolute Gasteiger partial charge is 0.391 e. The number of nitrogens with one attached hydrogen (secondary N) is 2. The van der Waals surface area contributed by atoms with Crippen LogP contribution in [0.1, 0.15) is 30.1 Å². The summed E-state index contributed by atoms with van der Waals surface area (Å²) in [6.07, 6.45) is 1.00. The van der Waals surface area contributed by atoms with Crippen molar-refractivity contribution < 1.29 is 9.90 Å². The Morgan fingerprint density at radius 1 is 1.50 bits per heavy atom. The minimum Gasteiger partial charge on any atom is -0.391 e. The van der Waals surface area contributed by atoms with E-state index in [1.807, 2.05) is 6.92 Å². The first-order chi connectivity index (χ1) is 9.52. The highest BCUT2D eigenvalue weighted by atomic mass is 16.3. The third-order valence-corrected chi connectivity index (χ3v) is 3.29. The van der Waals surface area contributed by atoms with Gasteiger partial charge in [0.25, 0.3) is 5.91 Å². The van der Waals surface area contributed by atoms with Crippen LogP contribution in [0.2, 0.25) is 0 Å². The Kier molecular flexibility index (Phi) is 4.24. The molecule has 0 fully saturated rings. The fourth-order valence-corrected chi connectivity index (χ4v) is 2.13. The number of amides is 1. The topological polar surface area (TPSA) is 87.1 Å². The van der Waals surface area contributed by atoms with E-state index in [4.69, 9.17) is 0 Å². The molecule has 1 aromatic heterocycles. The zero-order valence-corrected chi connectivity index (χ0v) is 11.6. The second-order valence-corrected chi connectivity index (χ2v) is 4.87. The average molecular weight is 277 g/mol.